The second-order valence-corrected chi connectivity index (χ2v) is 10.7. The average Bonchev–Trinajstić information content (AvgIpc) is 3.69. The van der Waals surface area contributed by atoms with Gasteiger partial charge in [0.1, 0.15) is 41.0 Å². The zero-order chi connectivity index (χ0) is 30.3. The number of benzene rings is 2. The fourth-order valence-electron chi connectivity index (χ4n) is 5.41. The molecule has 4 aromatic rings. The number of likely N-dealkylation sites (tertiary alicyclic amines) is 1. The van der Waals surface area contributed by atoms with Crippen molar-refractivity contribution < 1.29 is 22.7 Å². The molecule has 3 heterocycles. The van der Waals surface area contributed by atoms with E-state index in [-0.39, 0.29) is 58.2 Å². The number of rotatable bonds is 7. The first-order valence-electron chi connectivity index (χ1n) is 13.7. The van der Waals surface area contributed by atoms with E-state index in [1.165, 1.54) is 30.6 Å². The molecule has 0 unspecified atom stereocenters. The predicted molar refractivity (Wildman–Crippen MR) is 151 cm³/mol. The molecule has 1 saturated carbocycles. The Morgan fingerprint density at radius 2 is 2.02 bits per heavy atom. The van der Waals surface area contributed by atoms with E-state index in [1.807, 2.05) is 7.05 Å². The summed E-state index contributed by atoms with van der Waals surface area (Å²) in [6.07, 6.45) is 6.03. The van der Waals surface area contributed by atoms with Gasteiger partial charge in [-0.2, -0.15) is 14.8 Å². The van der Waals surface area contributed by atoms with Crippen LogP contribution in [0.5, 0.6) is 11.5 Å². The van der Waals surface area contributed by atoms with Gasteiger partial charge in [0.2, 0.25) is 5.82 Å². The molecule has 0 bridgehead atoms. The van der Waals surface area contributed by atoms with Crippen LogP contribution in [0.2, 0.25) is 0 Å². The lowest BCUT2D eigenvalue weighted by Crippen LogP contribution is -2.42. The topological polar surface area (TPSA) is 135 Å². The van der Waals surface area contributed by atoms with Crippen LogP contribution in [0.15, 0.2) is 54.4 Å². The number of anilines is 1. The van der Waals surface area contributed by atoms with Crippen molar-refractivity contribution >= 4 is 22.8 Å². The molecule has 0 radical (unpaired) electrons. The zero-order valence-corrected chi connectivity index (χ0v) is 23.1. The highest BCUT2D eigenvalue weighted by molar-refractivity contribution is 5.99. The van der Waals surface area contributed by atoms with E-state index < -0.39 is 17.5 Å². The lowest BCUT2D eigenvalue weighted by molar-refractivity contribution is -0.128. The van der Waals surface area contributed by atoms with Crippen molar-refractivity contribution in [3.8, 4) is 28.8 Å². The van der Waals surface area contributed by atoms with Crippen molar-refractivity contribution in [2.24, 2.45) is 0 Å². The van der Waals surface area contributed by atoms with Crippen LogP contribution in [0.4, 0.5) is 19.0 Å². The van der Waals surface area contributed by atoms with Gasteiger partial charge in [0, 0.05) is 30.3 Å². The maximum absolute atomic E-state index is 15.5. The Morgan fingerprint density at radius 1 is 1.21 bits per heavy atom. The minimum atomic E-state index is -1.19. The molecule has 2 fully saturated rings. The summed E-state index contributed by atoms with van der Waals surface area (Å²) in [6.45, 7) is 0.741. The molecule has 1 saturated heterocycles. The van der Waals surface area contributed by atoms with Gasteiger partial charge in [0.15, 0.2) is 17.2 Å². The summed E-state index contributed by atoms with van der Waals surface area (Å²) >= 11 is 0. The number of fused-ring (bicyclic) bond motifs is 1. The van der Waals surface area contributed by atoms with Crippen molar-refractivity contribution in [2.75, 3.05) is 25.9 Å². The SMILES string of the molecule is CNC1(/C=C(\C#N)C(=O)N2CCC[C@H](n3nc(-c4ccc(Oc5cccc(F)c5F)cc4F)c4c(N)ncnc43)C2)CC1. The second kappa shape index (κ2) is 11.0. The van der Waals surface area contributed by atoms with Crippen LogP contribution in [0.3, 0.4) is 0 Å². The largest absolute Gasteiger partial charge is 0.454 e. The summed E-state index contributed by atoms with van der Waals surface area (Å²) in [7, 11) is 1.81. The van der Waals surface area contributed by atoms with Crippen LogP contribution in [0.25, 0.3) is 22.3 Å². The number of halogens is 3. The molecule has 6 rings (SSSR count). The Labute approximate surface area is 244 Å². The van der Waals surface area contributed by atoms with Crippen molar-refractivity contribution in [1.82, 2.24) is 30.0 Å². The van der Waals surface area contributed by atoms with Gasteiger partial charge in [-0.3, -0.25) is 4.79 Å². The number of nitrogens with two attached hydrogens (primary N) is 1. The summed E-state index contributed by atoms with van der Waals surface area (Å²) in [4.78, 5) is 23.4. The molecular weight excluding hydrogens is 561 g/mol. The number of ether oxygens (including phenoxy) is 1. The summed E-state index contributed by atoms with van der Waals surface area (Å²) in [5, 5.41) is 17.9. The van der Waals surface area contributed by atoms with Crippen LogP contribution in [0, 0.1) is 28.8 Å². The first-order valence-corrected chi connectivity index (χ1v) is 13.7. The fourth-order valence-corrected chi connectivity index (χ4v) is 5.41. The predicted octanol–water partition coefficient (Wildman–Crippen LogP) is 4.65. The smallest absolute Gasteiger partial charge is 0.264 e. The van der Waals surface area contributed by atoms with E-state index in [9.17, 15) is 18.8 Å². The van der Waals surface area contributed by atoms with Crippen LogP contribution < -0.4 is 15.8 Å². The molecule has 1 aliphatic carbocycles. The average molecular weight is 589 g/mol. The fraction of sp³-hybridized carbons (Fsp3) is 0.300. The van der Waals surface area contributed by atoms with E-state index >= 15 is 4.39 Å². The first kappa shape index (κ1) is 28.2. The Morgan fingerprint density at radius 3 is 2.74 bits per heavy atom. The van der Waals surface area contributed by atoms with Gasteiger partial charge in [-0.15, -0.1) is 0 Å². The number of piperidine rings is 1. The maximum Gasteiger partial charge on any atom is 0.264 e. The van der Waals surface area contributed by atoms with E-state index in [4.69, 9.17) is 15.6 Å². The highest BCUT2D eigenvalue weighted by Gasteiger charge is 2.40. The lowest BCUT2D eigenvalue weighted by Gasteiger charge is -2.33. The lowest BCUT2D eigenvalue weighted by atomic mass is 10.0. The van der Waals surface area contributed by atoms with E-state index in [1.54, 1.807) is 15.7 Å². The third-order valence-corrected chi connectivity index (χ3v) is 7.95. The van der Waals surface area contributed by atoms with Crippen molar-refractivity contribution in [3.63, 3.8) is 0 Å². The molecule has 220 valence electrons. The van der Waals surface area contributed by atoms with E-state index in [0.29, 0.717) is 30.4 Å². The number of hydrogen-bond acceptors (Lipinski definition) is 8. The first-order chi connectivity index (χ1) is 20.7. The molecule has 1 amide bonds. The third kappa shape index (κ3) is 5.25. The Hall–Kier alpha value is -4.96. The number of nitrogen functional groups attached to an aromatic ring is 1. The van der Waals surface area contributed by atoms with E-state index in [2.05, 4.69) is 21.4 Å². The molecular formula is C30H27F3N8O2. The summed E-state index contributed by atoms with van der Waals surface area (Å²) in [5.74, 6) is -3.71. The number of nitrogens with zero attached hydrogens (tertiary/aromatic N) is 6. The van der Waals surface area contributed by atoms with Crippen molar-refractivity contribution in [3.05, 3.63) is 71.8 Å². The molecule has 1 atom stereocenters. The van der Waals surface area contributed by atoms with Gasteiger partial charge in [-0.25, -0.2) is 23.4 Å². The molecule has 0 spiro atoms. The van der Waals surface area contributed by atoms with Gasteiger partial charge < -0.3 is 20.7 Å². The summed E-state index contributed by atoms with van der Waals surface area (Å²) < 4.78 is 50.2. The highest BCUT2D eigenvalue weighted by Crippen LogP contribution is 2.39. The minimum absolute atomic E-state index is 0.0484. The maximum atomic E-state index is 15.5. The Bertz CT molecular complexity index is 1810. The van der Waals surface area contributed by atoms with Gasteiger partial charge in [0.25, 0.3) is 5.91 Å². The Kier molecular flexibility index (Phi) is 7.23. The van der Waals surface area contributed by atoms with Crippen LogP contribution >= 0.6 is 0 Å². The number of carbonyl (C=O) groups is 1. The van der Waals surface area contributed by atoms with Gasteiger partial charge in [-0.1, -0.05) is 6.07 Å². The summed E-state index contributed by atoms with van der Waals surface area (Å²) in [6, 6.07) is 9.04. The highest BCUT2D eigenvalue weighted by atomic mass is 19.2. The van der Waals surface area contributed by atoms with Crippen LogP contribution in [-0.4, -0.2) is 56.2 Å². The molecule has 13 heteroatoms. The quantitative estimate of drug-likeness (QED) is 0.235. The minimum Gasteiger partial charge on any atom is -0.454 e. The normalized spacial score (nSPS) is 18.0. The number of amides is 1. The zero-order valence-electron chi connectivity index (χ0n) is 23.1. The number of nitriles is 1. The molecule has 3 N–H and O–H groups in total. The molecule has 2 aromatic carbocycles. The number of aromatic nitrogens is 4. The molecule has 2 aromatic heterocycles. The number of hydrogen-bond donors (Lipinski definition) is 2. The molecule has 2 aliphatic rings. The van der Waals surface area contributed by atoms with Gasteiger partial charge >= 0.3 is 0 Å². The standard InChI is InChI=1S/C30H27F3N8O2/c1-36-30(9-10-30)13-17(14-34)29(42)40-11-3-4-18(15-40)41-28-24(27(35)37-16-38-28)26(39-41)20-8-7-19(12-22(20)32)43-23-6-2-5-21(31)25(23)33/h2,5-8,12-13,16,18,36H,3-4,9-11,15H2,1H3,(H2,35,37,38)/b17-13+/t18-/m0/s1. The summed E-state index contributed by atoms with van der Waals surface area (Å²) in [5.41, 5.74) is 6.61. The molecule has 43 heavy (non-hydrogen) atoms. The van der Waals surface area contributed by atoms with Crippen LogP contribution in [-0.2, 0) is 4.79 Å². The third-order valence-electron chi connectivity index (χ3n) is 7.95. The Balaban J connectivity index is 1.32. The number of nitrogens with one attached hydrogen (secondary N) is 1. The van der Waals surface area contributed by atoms with Crippen molar-refractivity contribution in [1.29, 1.82) is 5.26 Å². The van der Waals surface area contributed by atoms with Gasteiger partial charge in [0.05, 0.1) is 11.4 Å². The van der Waals surface area contributed by atoms with Gasteiger partial charge in [-0.05, 0) is 63.1 Å². The van der Waals surface area contributed by atoms with Crippen LogP contribution in [0.1, 0.15) is 31.7 Å². The number of carbonyl (C=O) groups excluding carboxylic acids is 1. The van der Waals surface area contributed by atoms with E-state index in [0.717, 1.165) is 25.0 Å². The molecule has 10 nitrogen and oxygen atoms in total. The monoisotopic (exact) mass is 588 g/mol. The van der Waals surface area contributed by atoms with Crippen molar-refractivity contribution in [2.45, 2.75) is 37.3 Å². The molecule has 1 aliphatic heterocycles. The number of likely N-dealkylation sites (N-methyl/N-ethyl adjacent to an activating group) is 1. The second-order valence-electron chi connectivity index (χ2n) is 10.7.